The summed E-state index contributed by atoms with van der Waals surface area (Å²) >= 11 is 0. The molecule has 96 valence electrons. The molecule has 1 aromatic heterocycles. The Kier molecular flexibility index (Phi) is 3.40. The Labute approximate surface area is 104 Å². The van der Waals surface area contributed by atoms with E-state index in [2.05, 4.69) is 9.97 Å². The smallest absolute Gasteiger partial charge is 0.354 e. The lowest BCUT2D eigenvalue weighted by Gasteiger charge is -2.34. The molecular formula is C11H14N4O3. The van der Waals surface area contributed by atoms with E-state index in [0.717, 1.165) is 0 Å². The van der Waals surface area contributed by atoms with Gasteiger partial charge in [-0.25, -0.2) is 14.8 Å². The molecule has 0 radical (unpaired) electrons. The van der Waals surface area contributed by atoms with Crippen LogP contribution in [-0.4, -0.2) is 58.0 Å². The second-order valence-corrected chi connectivity index (χ2v) is 4.04. The first-order chi connectivity index (χ1) is 8.58. The van der Waals surface area contributed by atoms with E-state index >= 15 is 0 Å². The van der Waals surface area contributed by atoms with Crippen molar-refractivity contribution in [1.29, 1.82) is 0 Å². The Morgan fingerprint density at radius 2 is 1.94 bits per heavy atom. The fourth-order valence-electron chi connectivity index (χ4n) is 1.84. The number of hydrogen-bond donors (Lipinski definition) is 1. The molecule has 7 nitrogen and oxygen atoms in total. The minimum absolute atomic E-state index is 0.0194. The fraction of sp³-hybridized carbons (Fsp3) is 0.455. The summed E-state index contributed by atoms with van der Waals surface area (Å²) in [5, 5.41) is 8.86. The number of aromatic nitrogens is 2. The summed E-state index contributed by atoms with van der Waals surface area (Å²) in [6, 6.07) is 1.36. The molecule has 0 bridgehead atoms. The number of carbonyl (C=O) groups excluding carboxylic acids is 1. The van der Waals surface area contributed by atoms with Gasteiger partial charge in [0.15, 0.2) is 5.69 Å². The monoisotopic (exact) mass is 250 g/mol. The molecule has 1 fully saturated rings. The molecule has 1 aliphatic rings. The third kappa shape index (κ3) is 2.55. The minimum atomic E-state index is -1.07. The van der Waals surface area contributed by atoms with E-state index in [4.69, 9.17) is 5.11 Å². The average Bonchev–Trinajstić information content (AvgIpc) is 2.39. The molecule has 0 aliphatic carbocycles. The number of carboxylic acids is 1. The second kappa shape index (κ2) is 4.99. The second-order valence-electron chi connectivity index (χ2n) is 4.04. The van der Waals surface area contributed by atoms with Crippen LogP contribution in [-0.2, 0) is 4.79 Å². The normalized spacial score (nSPS) is 15.6. The molecule has 0 atom stereocenters. The number of nitrogens with zero attached hydrogens (tertiary/aromatic N) is 4. The van der Waals surface area contributed by atoms with Crippen molar-refractivity contribution in [2.75, 3.05) is 31.1 Å². The highest BCUT2D eigenvalue weighted by Crippen LogP contribution is 2.11. The summed E-state index contributed by atoms with van der Waals surface area (Å²) in [6.45, 7) is 3.98. The maximum absolute atomic E-state index is 11.2. The van der Waals surface area contributed by atoms with Crippen LogP contribution in [0, 0.1) is 0 Å². The van der Waals surface area contributed by atoms with E-state index < -0.39 is 5.97 Å². The average molecular weight is 250 g/mol. The van der Waals surface area contributed by atoms with Crippen LogP contribution >= 0.6 is 0 Å². The summed E-state index contributed by atoms with van der Waals surface area (Å²) in [5.41, 5.74) is -0.0194. The van der Waals surface area contributed by atoms with Crippen molar-refractivity contribution in [3.63, 3.8) is 0 Å². The van der Waals surface area contributed by atoms with E-state index in [0.29, 0.717) is 32.1 Å². The predicted molar refractivity (Wildman–Crippen MR) is 63.5 cm³/mol. The zero-order chi connectivity index (χ0) is 13.1. The first kappa shape index (κ1) is 12.3. The van der Waals surface area contributed by atoms with Gasteiger partial charge in [0.1, 0.15) is 0 Å². The number of anilines is 1. The van der Waals surface area contributed by atoms with Gasteiger partial charge in [-0.15, -0.1) is 0 Å². The Bertz CT molecular complexity index is 469. The van der Waals surface area contributed by atoms with Gasteiger partial charge in [0.25, 0.3) is 0 Å². The summed E-state index contributed by atoms with van der Waals surface area (Å²) in [6.07, 6.45) is 1.43. The number of aromatic carboxylic acids is 1. The third-order valence-electron chi connectivity index (χ3n) is 2.87. The quantitative estimate of drug-likeness (QED) is 0.785. The van der Waals surface area contributed by atoms with Crippen LogP contribution in [0.2, 0.25) is 0 Å². The number of hydrogen-bond acceptors (Lipinski definition) is 5. The van der Waals surface area contributed by atoms with Crippen LogP contribution in [0.4, 0.5) is 5.95 Å². The zero-order valence-electron chi connectivity index (χ0n) is 10.0. The van der Waals surface area contributed by atoms with Crippen molar-refractivity contribution in [2.45, 2.75) is 6.92 Å². The highest BCUT2D eigenvalue weighted by atomic mass is 16.4. The predicted octanol–water partition coefficient (Wildman–Crippen LogP) is -0.157. The number of carboxylic acid groups (broad SMARTS) is 1. The van der Waals surface area contributed by atoms with Crippen LogP contribution in [0.3, 0.4) is 0 Å². The van der Waals surface area contributed by atoms with Crippen LogP contribution in [0.25, 0.3) is 0 Å². The Morgan fingerprint density at radius 3 is 2.50 bits per heavy atom. The first-order valence-electron chi connectivity index (χ1n) is 5.65. The van der Waals surface area contributed by atoms with Gasteiger partial charge in [-0.05, 0) is 6.07 Å². The molecule has 0 saturated carbocycles. The maximum atomic E-state index is 11.2. The van der Waals surface area contributed by atoms with Gasteiger partial charge in [0.05, 0.1) is 0 Å². The van der Waals surface area contributed by atoms with E-state index in [1.54, 1.807) is 4.90 Å². The molecule has 1 N–H and O–H groups in total. The van der Waals surface area contributed by atoms with Crippen LogP contribution in [0.1, 0.15) is 17.4 Å². The van der Waals surface area contributed by atoms with Gasteiger partial charge in [-0.3, -0.25) is 4.79 Å². The topological polar surface area (TPSA) is 86.6 Å². The fourth-order valence-corrected chi connectivity index (χ4v) is 1.84. The molecule has 2 heterocycles. The molecule has 0 spiro atoms. The lowest BCUT2D eigenvalue weighted by atomic mass is 10.3. The number of rotatable bonds is 2. The van der Waals surface area contributed by atoms with Gasteiger partial charge in [0, 0.05) is 39.3 Å². The van der Waals surface area contributed by atoms with Crippen LogP contribution in [0.5, 0.6) is 0 Å². The van der Waals surface area contributed by atoms with Gasteiger partial charge < -0.3 is 14.9 Å². The van der Waals surface area contributed by atoms with Crippen molar-refractivity contribution in [2.24, 2.45) is 0 Å². The Morgan fingerprint density at radius 1 is 1.28 bits per heavy atom. The first-order valence-corrected chi connectivity index (χ1v) is 5.65. The third-order valence-corrected chi connectivity index (χ3v) is 2.87. The number of amides is 1. The molecule has 1 saturated heterocycles. The summed E-state index contributed by atoms with van der Waals surface area (Å²) in [7, 11) is 0. The SMILES string of the molecule is CC(=O)N1CCN(c2nccc(C(=O)O)n2)CC1. The van der Waals surface area contributed by atoms with Crippen LogP contribution in [0.15, 0.2) is 12.3 Å². The van der Waals surface area contributed by atoms with E-state index in [-0.39, 0.29) is 11.6 Å². The molecule has 18 heavy (non-hydrogen) atoms. The molecule has 1 aliphatic heterocycles. The van der Waals surface area contributed by atoms with Crippen molar-refractivity contribution in [3.8, 4) is 0 Å². The van der Waals surface area contributed by atoms with Gasteiger partial charge in [-0.1, -0.05) is 0 Å². The van der Waals surface area contributed by atoms with Crippen LogP contribution < -0.4 is 4.90 Å². The van der Waals surface area contributed by atoms with Crippen molar-refractivity contribution in [3.05, 3.63) is 18.0 Å². The molecule has 0 unspecified atom stereocenters. The Hall–Kier alpha value is -2.18. The minimum Gasteiger partial charge on any atom is -0.477 e. The summed E-state index contributed by atoms with van der Waals surface area (Å²) in [4.78, 5) is 33.7. The lowest BCUT2D eigenvalue weighted by molar-refractivity contribution is -0.129. The molecule has 7 heteroatoms. The molecule has 0 aromatic carbocycles. The van der Waals surface area contributed by atoms with Crippen molar-refractivity contribution < 1.29 is 14.7 Å². The lowest BCUT2D eigenvalue weighted by Crippen LogP contribution is -2.48. The zero-order valence-corrected chi connectivity index (χ0v) is 10.0. The number of piperazine rings is 1. The molecular weight excluding hydrogens is 236 g/mol. The largest absolute Gasteiger partial charge is 0.477 e. The van der Waals surface area contributed by atoms with E-state index in [1.165, 1.54) is 19.2 Å². The van der Waals surface area contributed by atoms with E-state index in [9.17, 15) is 9.59 Å². The Balaban J connectivity index is 2.07. The van der Waals surface area contributed by atoms with Crippen molar-refractivity contribution in [1.82, 2.24) is 14.9 Å². The van der Waals surface area contributed by atoms with Crippen molar-refractivity contribution >= 4 is 17.8 Å². The standard InChI is InChI=1S/C11H14N4O3/c1-8(16)14-4-6-15(7-5-14)11-12-3-2-9(13-11)10(17)18/h2-3H,4-7H2,1H3,(H,17,18). The van der Waals surface area contributed by atoms with E-state index in [1.807, 2.05) is 4.90 Å². The maximum Gasteiger partial charge on any atom is 0.354 e. The molecule has 1 aromatic rings. The van der Waals surface area contributed by atoms with Gasteiger partial charge >= 0.3 is 5.97 Å². The molecule has 2 rings (SSSR count). The number of carbonyl (C=O) groups is 2. The highest BCUT2D eigenvalue weighted by molar-refractivity contribution is 5.85. The highest BCUT2D eigenvalue weighted by Gasteiger charge is 2.21. The molecule has 1 amide bonds. The summed E-state index contributed by atoms with van der Waals surface area (Å²) in [5.74, 6) is -0.617. The summed E-state index contributed by atoms with van der Waals surface area (Å²) < 4.78 is 0. The van der Waals surface area contributed by atoms with Gasteiger partial charge in [-0.2, -0.15) is 0 Å². The van der Waals surface area contributed by atoms with Gasteiger partial charge in [0.2, 0.25) is 11.9 Å².